The maximum absolute atomic E-state index is 5.48. The van der Waals surface area contributed by atoms with Gasteiger partial charge in [0.1, 0.15) is 0 Å². The maximum Gasteiger partial charge on any atom is 0.161 e. The van der Waals surface area contributed by atoms with Crippen LogP contribution in [-0.2, 0) is 4.43 Å². The summed E-state index contributed by atoms with van der Waals surface area (Å²) in [5.74, 6) is 0. The molecule has 2 heteroatoms. The van der Waals surface area contributed by atoms with Gasteiger partial charge in [0.15, 0.2) is 9.76 Å². The lowest BCUT2D eigenvalue weighted by Gasteiger charge is -2.07. The molecule has 0 aliphatic rings. The van der Waals surface area contributed by atoms with Crippen LogP contribution in [0.2, 0.25) is 6.04 Å². The Morgan fingerprint density at radius 3 is 2.50 bits per heavy atom. The maximum atomic E-state index is 5.48. The van der Waals surface area contributed by atoms with E-state index in [4.69, 9.17) is 4.43 Å². The zero-order valence-electron chi connectivity index (χ0n) is 6.11. The lowest BCUT2D eigenvalue weighted by Crippen LogP contribution is -2.08. The van der Waals surface area contributed by atoms with Crippen LogP contribution in [0.1, 0.15) is 27.2 Å². The highest BCUT2D eigenvalue weighted by Crippen LogP contribution is 1.94. The lowest BCUT2D eigenvalue weighted by molar-refractivity contribution is 0.229. The van der Waals surface area contributed by atoms with E-state index in [9.17, 15) is 0 Å². The first-order valence-electron chi connectivity index (χ1n) is 3.42. The minimum Gasteiger partial charge on any atom is -0.421 e. The van der Waals surface area contributed by atoms with Crippen LogP contribution in [-0.4, -0.2) is 15.9 Å². The molecule has 1 atom stereocenters. The third-order valence-electron chi connectivity index (χ3n) is 1.18. The Labute approximate surface area is 54.4 Å². The molecular weight excluding hydrogens is 116 g/mol. The van der Waals surface area contributed by atoms with Crippen molar-refractivity contribution in [2.75, 3.05) is 0 Å². The molecule has 0 aliphatic heterocycles. The molecule has 0 bridgehead atoms. The number of hydrogen-bond donors (Lipinski definition) is 0. The van der Waals surface area contributed by atoms with E-state index in [-0.39, 0.29) is 9.76 Å². The van der Waals surface area contributed by atoms with Crippen molar-refractivity contribution in [2.24, 2.45) is 0 Å². The third kappa shape index (κ3) is 4.34. The molecule has 8 heavy (non-hydrogen) atoms. The Morgan fingerprint density at radius 1 is 1.50 bits per heavy atom. The SMILES string of the molecule is CC[SiH2]OC(C)CC. The average Bonchev–Trinajstić information content (AvgIpc) is 1.83. The van der Waals surface area contributed by atoms with Crippen molar-refractivity contribution in [3.8, 4) is 0 Å². The highest BCUT2D eigenvalue weighted by molar-refractivity contribution is 6.26. The first-order valence-corrected chi connectivity index (χ1v) is 5.00. The second kappa shape index (κ2) is 5.32. The van der Waals surface area contributed by atoms with Crippen LogP contribution >= 0.6 is 0 Å². The Kier molecular flexibility index (Phi) is 5.43. The fourth-order valence-electron chi connectivity index (χ4n) is 0.437. The van der Waals surface area contributed by atoms with Crippen molar-refractivity contribution in [3.05, 3.63) is 0 Å². The van der Waals surface area contributed by atoms with Crippen LogP contribution in [0, 0.1) is 0 Å². The fraction of sp³-hybridized carbons (Fsp3) is 1.00. The van der Waals surface area contributed by atoms with Crippen LogP contribution in [0.4, 0.5) is 0 Å². The van der Waals surface area contributed by atoms with Crippen LogP contribution in [0.15, 0.2) is 0 Å². The standard InChI is InChI=1S/C6H16OSi/c1-4-6(3)7-8-5-2/h6H,4-5,8H2,1-3H3. The minimum absolute atomic E-state index is 0.137. The number of hydrogen-bond acceptors (Lipinski definition) is 1. The molecule has 0 saturated carbocycles. The van der Waals surface area contributed by atoms with E-state index < -0.39 is 0 Å². The van der Waals surface area contributed by atoms with Gasteiger partial charge in [-0.1, -0.05) is 13.8 Å². The monoisotopic (exact) mass is 132 g/mol. The third-order valence-corrected chi connectivity index (χ3v) is 2.39. The van der Waals surface area contributed by atoms with Gasteiger partial charge >= 0.3 is 0 Å². The second-order valence-electron chi connectivity index (χ2n) is 2.09. The van der Waals surface area contributed by atoms with Crippen molar-refractivity contribution >= 4 is 9.76 Å². The molecule has 0 amide bonds. The molecule has 0 aromatic carbocycles. The summed E-state index contributed by atoms with van der Waals surface area (Å²) in [7, 11) is -0.137. The zero-order valence-corrected chi connectivity index (χ0v) is 7.52. The molecule has 1 nitrogen and oxygen atoms in total. The first-order chi connectivity index (χ1) is 3.81. The topological polar surface area (TPSA) is 9.23 Å². The van der Waals surface area contributed by atoms with Gasteiger partial charge in [-0.3, -0.25) is 0 Å². The van der Waals surface area contributed by atoms with E-state index in [1.807, 2.05) is 0 Å². The van der Waals surface area contributed by atoms with E-state index >= 15 is 0 Å². The zero-order chi connectivity index (χ0) is 6.41. The van der Waals surface area contributed by atoms with Crippen molar-refractivity contribution in [2.45, 2.75) is 39.3 Å². The molecule has 1 unspecified atom stereocenters. The summed E-state index contributed by atoms with van der Waals surface area (Å²) in [4.78, 5) is 0. The minimum atomic E-state index is -0.137. The van der Waals surface area contributed by atoms with Crippen LogP contribution in [0.5, 0.6) is 0 Å². The van der Waals surface area contributed by atoms with Gasteiger partial charge in [0.25, 0.3) is 0 Å². The van der Waals surface area contributed by atoms with Gasteiger partial charge in [-0.15, -0.1) is 0 Å². The van der Waals surface area contributed by atoms with Crippen LogP contribution < -0.4 is 0 Å². The van der Waals surface area contributed by atoms with Gasteiger partial charge < -0.3 is 4.43 Å². The molecule has 0 aromatic rings. The smallest absolute Gasteiger partial charge is 0.161 e. The second-order valence-corrected chi connectivity index (χ2v) is 3.83. The van der Waals surface area contributed by atoms with Gasteiger partial charge in [0.05, 0.1) is 0 Å². The molecule has 0 heterocycles. The summed E-state index contributed by atoms with van der Waals surface area (Å²) in [6, 6.07) is 1.27. The molecule has 0 aromatic heterocycles. The van der Waals surface area contributed by atoms with Gasteiger partial charge in [0, 0.05) is 6.10 Å². The first kappa shape index (κ1) is 8.18. The summed E-state index contributed by atoms with van der Waals surface area (Å²) in [6.45, 7) is 6.49. The molecular formula is C6H16OSi. The summed E-state index contributed by atoms with van der Waals surface area (Å²) >= 11 is 0. The highest BCUT2D eigenvalue weighted by atomic mass is 28.2. The van der Waals surface area contributed by atoms with Crippen molar-refractivity contribution in [1.82, 2.24) is 0 Å². The summed E-state index contributed by atoms with van der Waals surface area (Å²) in [6.07, 6.45) is 1.68. The van der Waals surface area contributed by atoms with E-state index in [0.29, 0.717) is 6.10 Å². The Hall–Kier alpha value is 0.177. The largest absolute Gasteiger partial charge is 0.421 e. The summed E-state index contributed by atoms with van der Waals surface area (Å²) in [5, 5.41) is 0. The van der Waals surface area contributed by atoms with Crippen molar-refractivity contribution in [1.29, 1.82) is 0 Å². The van der Waals surface area contributed by atoms with Crippen LogP contribution in [0.25, 0.3) is 0 Å². The molecule has 0 saturated heterocycles. The van der Waals surface area contributed by atoms with Crippen molar-refractivity contribution < 1.29 is 4.43 Å². The fourth-order valence-corrected chi connectivity index (χ4v) is 1.31. The van der Waals surface area contributed by atoms with Gasteiger partial charge in [-0.25, -0.2) is 0 Å². The molecule has 0 spiro atoms. The van der Waals surface area contributed by atoms with E-state index in [1.165, 1.54) is 6.04 Å². The van der Waals surface area contributed by atoms with Crippen LogP contribution in [0.3, 0.4) is 0 Å². The van der Waals surface area contributed by atoms with Gasteiger partial charge in [-0.2, -0.15) is 0 Å². The van der Waals surface area contributed by atoms with E-state index in [2.05, 4.69) is 20.8 Å². The molecule has 0 aliphatic carbocycles. The van der Waals surface area contributed by atoms with Crippen molar-refractivity contribution in [3.63, 3.8) is 0 Å². The van der Waals surface area contributed by atoms with E-state index in [0.717, 1.165) is 6.42 Å². The molecule has 0 radical (unpaired) electrons. The number of rotatable bonds is 4. The Morgan fingerprint density at radius 2 is 2.12 bits per heavy atom. The van der Waals surface area contributed by atoms with Gasteiger partial charge in [-0.05, 0) is 19.4 Å². The van der Waals surface area contributed by atoms with Gasteiger partial charge in [0.2, 0.25) is 0 Å². The Bertz CT molecular complexity index is 47.8. The summed E-state index contributed by atoms with van der Waals surface area (Å²) in [5.41, 5.74) is 0. The normalized spacial score (nSPS) is 15.4. The predicted molar refractivity (Wildman–Crippen MR) is 39.9 cm³/mol. The Balaban J connectivity index is 2.86. The highest BCUT2D eigenvalue weighted by Gasteiger charge is 1.93. The lowest BCUT2D eigenvalue weighted by atomic mass is 10.3. The quantitative estimate of drug-likeness (QED) is 0.524. The summed E-state index contributed by atoms with van der Waals surface area (Å²) < 4.78 is 5.48. The average molecular weight is 132 g/mol. The van der Waals surface area contributed by atoms with E-state index in [1.54, 1.807) is 0 Å². The molecule has 50 valence electrons. The molecule has 0 N–H and O–H groups in total. The molecule has 0 fully saturated rings. The predicted octanol–water partition coefficient (Wildman–Crippen LogP) is 1.32. The molecule has 0 rings (SSSR count).